The Kier molecular flexibility index (Phi) is 6.06. The van der Waals surface area contributed by atoms with Crippen LogP contribution in [-0.2, 0) is 6.54 Å². The fourth-order valence-corrected chi connectivity index (χ4v) is 1.28. The van der Waals surface area contributed by atoms with Crippen molar-refractivity contribution in [1.82, 2.24) is 20.8 Å². The SMILES string of the molecule is CCCCNC(=NCc1noc(C)n1)NCC. The second-order valence-corrected chi connectivity index (χ2v) is 3.71. The number of hydrogen-bond donors (Lipinski definition) is 2. The van der Waals surface area contributed by atoms with Gasteiger partial charge in [-0.15, -0.1) is 0 Å². The number of aromatic nitrogens is 2. The molecule has 0 spiro atoms. The third kappa shape index (κ3) is 5.33. The molecule has 2 N–H and O–H groups in total. The minimum atomic E-state index is 0.429. The average molecular weight is 239 g/mol. The van der Waals surface area contributed by atoms with Crippen LogP contribution in [0.4, 0.5) is 0 Å². The van der Waals surface area contributed by atoms with Crippen molar-refractivity contribution in [3.8, 4) is 0 Å². The molecular weight excluding hydrogens is 218 g/mol. The maximum absolute atomic E-state index is 4.88. The maximum atomic E-state index is 4.88. The van der Waals surface area contributed by atoms with Crippen molar-refractivity contribution in [3.05, 3.63) is 11.7 Å². The molecule has 1 aromatic heterocycles. The zero-order valence-corrected chi connectivity index (χ0v) is 10.8. The number of unbranched alkanes of at least 4 members (excludes halogenated alkanes) is 1. The highest BCUT2D eigenvalue weighted by molar-refractivity contribution is 5.79. The van der Waals surface area contributed by atoms with Gasteiger partial charge in [0.15, 0.2) is 11.8 Å². The number of guanidine groups is 1. The van der Waals surface area contributed by atoms with Gasteiger partial charge >= 0.3 is 0 Å². The zero-order valence-electron chi connectivity index (χ0n) is 10.8. The van der Waals surface area contributed by atoms with E-state index in [1.807, 2.05) is 6.92 Å². The van der Waals surface area contributed by atoms with E-state index < -0.39 is 0 Å². The first-order valence-electron chi connectivity index (χ1n) is 6.07. The first kappa shape index (κ1) is 13.5. The summed E-state index contributed by atoms with van der Waals surface area (Å²) in [6.07, 6.45) is 2.29. The number of nitrogens with zero attached hydrogens (tertiary/aromatic N) is 3. The van der Waals surface area contributed by atoms with Crippen LogP contribution in [0.3, 0.4) is 0 Å². The Morgan fingerprint density at radius 3 is 2.76 bits per heavy atom. The molecule has 6 heteroatoms. The molecule has 96 valence electrons. The number of nitrogens with one attached hydrogen (secondary N) is 2. The van der Waals surface area contributed by atoms with Gasteiger partial charge in [-0.1, -0.05) is 18.5 Å². The van der Waals surface area contributed by atoms with Crippen LogP contribution in [0.5, 0.6) is 0 Å². The van der Waals surface area contributed by atoms with E-state index in [1.54, 1.807) is 6.92 Å². The van der Waals surface area contributed by atoms with E-state index in [9.17, 15) is 0 Å². The monoisotopic (exact) mass is 239 g/mol. The number of hydrogen-bond acceptors (Lipinski definition) is 4. The molecule has 0 aliphatic carbocycles. The summed E-state index contributed by atoms with van der Waals surface area (Å²) in [5.74, 6) is 1.97. The molecule has 0 saturated heterocycles. The zero-order chi connectivity index (χ0) is 12.5. The lowest BCUT2D eigenvalue weighted by molar-refractivity contribution is 0.387. The summed E-state index contributed by atoms with van der Waals surface area (Å²) in [5, 5.41) is 10.2. The molecule has 6 nitrogen and oxygen atoms in total. The van der Waals surface area contributed by atoms with Crippen molar-refractivity contribution in [2.75, 3.05) is 13.1 Å². The summed E-state index contributed by atoms with van der Waals surface area (Å²) in [4.78, 5) is 8.48. The van der Waals surface area contributed by atoms with E-state index in [1.165, 1.54) is 0 Å². The van der Waals surface area contributed by atoms with Crippen molar-refractivity contribution in [1.29, 1.82) is 0 Å². The standard InChI is InChI=1S/C11H21N5O/c1-4-6-7-13-11(12-5-2)14-8-10-15-9(3)17-16-10/h4-8H2,1-3H3,(H2,12,13,14). The van der Waals surface area contributed by atoms with Gasteiger partial charge < -0.3 is 15.2 Å². The number of aliphatic imine (C=N–C) groups is 1. The highest BCUT2D eigenvalue weighted by Crippen LogP contribution is 1.96. The van der Waals surface area contributed by atoms with Crippen LogP contribution in [0.1, 0.15) is 38.4 Å². The molecule has 1 aromatic rings. The largest absolute Gasteiger partial charge is 0.357 e. The van der Waals surface area contributed by atoms with Crippen molar-refractivity contribution >= 4 is 5.96 Å². The molecule has 0 radical (unpaired) electrons. The molecule has 0 fully saturated rings. The van der Waals surface area contributed by atoms with E-state index in [0.717, 1.165) is 31.9 Å². The molecule has 0 bridgehead atoms. The molecule has 0 saturated carbocycles. The molecule has 0 atom stereocenters. The Hall–Kier alpha value is -1.59. The average Bonchev–Trinajstić information content (AvgIpc) is 2.72. The molecule has 0 aliphatic heterocycles. The van der Waals surface area contributed by atoms with Gasteiger partial charge in [0.05, 0.1) is 0 Å². The predicted molar refractivity (Wildman–Crippen MR) is 66.8 cm³/mol. The van der Waals surface area contributed by atoms with E-state index >= 15 is 0 Å². The van der Waals surface area contributed by atoms with Crippen LogP contribution in [0.2, 0.25) is 0 Å². The van der Waals surface area contributed by atoms with Crippen LogP contribution in [0.25, 0.3) is 0 Å². The predicted octanol–water partition coefficient (Wildman–Crippen LogP) is 1.23. The van der Waals surface area contributed by atoms with Gasteiger partial charge in [-0.05, 0) is 13.3 Å². The lowest BCUT2D eigenvalue weighted by atomic mass is 10.3. The highest BCUT2D eigenvalue weighted by Gasteiger charge is 2.01. The van der Waals surface area contributed by atoms with E-state index in [4.69, 9.17) is 4.52 Å². The second-order valence-electron chi connectivity index (χ2n) is 3.71. The number of rotatable bonds is 6. The van der Waals surface area contributed by atoms with Gasteiger partial charge in [-0.3, -0.25) is 0 Å². The van der Waals surface area contributed by atoms with E-state index in [2.05, 4.69) is 32.7 Å². The summed E-state index contributed by atoms with van der Waals surface area (Å²) < 4.78 is 4.88. The minimum absolute atomic E-state index is 0.429. The third-order valence-electron chi connectivity index (χ3n) is 2.12. The van der Waals surface area contributed by atoms with Gasteiger partial charge in [-0.2, -0.15) is 4.98 Å². The molecule has 0 aromatic carbocycles. The quantitative estimate of drug-likeness (QED) is 0.443. The smallest absolute Gasteiger partial charge is 0.223 e. The first-order valence-corrected chi connectivity index (χ1v) is 6.07. The summed E-state index contributed by atoms with van der Waals surface area (Å²) in [6, 6.07) is 0. The van der Waals surface area contributed by atoms with Crippen LogP contribution in [0, 0.1) is 6.92 Å². The van der Waals surface area contributed by atoms with Crippen molar-refractivity contribution < 1.29 is 4.52 Å². The molecule has 1 heterocycles. The molecule has 0 amide bonds. The first-order chi connectivity index (χ1) is 8.26. The normalized spacial score (nSPS) is 11.6. The highest BCUT2D eigenvalue weighted by atomic mass is 16.5. The van der Waals surface area contributed by atoms with Crippen molar-refractivity contribution in [2.24, 2.45) is 4.99 Å². The van der Waals surface area contributed by atoms with Gasteiger partial charge in [0.2, 0.25) is 5.89 Å². The van der Waals surface area contributed by atoms with Gasteiger partial charge in [0, 0.05) is 20.0 Å². The van der Waals surface area contributed by atoms with E-state index in [0.29, 0.717) is 18.3 Å². The fourth-order valence-electron chi connectivity index (χ4n) is 1.28. The Morgan fingerprint density at radius 2 is 2.18 bits per heavy atom. The Labute approximate surface area is 102 Å². The lowest BCUT2D eigenvalue weighted by Gasteiger charge is -2.09. The maximum Gasteiger partial charge on any atom is 0.223 e. The molecular formula is C11H21N5O. The summed E-state index contributed by atoms with van der Waals surface area (Å²) in [6.45, 7) is 8.16. The second kappa shape index (κ2) is 7.65. The van der Waals surface area contributed by atoms with Gasteiger partial charge in [-0.25, -0.2) is 4.99 Å². The van der Waals surface area contributed by atoms with Crippen LogP contribution < -0.4 is 10.6 Å². The fraction of sp³-hybridized carbons (Fsp3) is 0.727. The molecule has 1 rings (SSSR count). The molecule has 0 unspecified atom stereocenters. The van der Waals surface area contributed by atoms with Gasteiger partial charge in [0.1, 0.15) is 6.54 Å². The Bertz CT molecular complexity index is 347. The summed E-state index contributed by atoms with van der Waals surface area (Å²) in [5.41, 5.74) is 0. The van der Waals surface area contributed by atoms with Crippen LogP contribution >= 0.6 is 0 Å². The summed E-state index contributed by atoms with van der Waals surface area (Å²) in [7, 11) is 0. The molecule has 0 aliphatic rings. The lowest BCUT2D eigenvalue weighted by Crippen LogP contribution is -2.37. The van der Waals surface area contributed by atoms with Gasteiger partial charge in [0.25, 0.3) is 0 Å². The topological polar surface area (TPSA) is 75.3 Å². The summed E-state index contributed by atoms with van der Waals surface area (Å²) >= 11 is 0. The van der Waals surface area contributed by atoms with E-state index in [-0.39, 0.29) is 0 Å². The number of aryl methyl sites for hydroxylation is 1. The Balaban J connectivity index is 2.44. The van der Waals surface area contributed by atoms with Crippen LogP contribution in [0.15, 0.2) is 9.52 Å². The third-order valence-corrected chi connectivity index (χ3v) is 2.12. The van der Waals surface area contributed by atoms with Crippen molar-refractivity contribution in [2.45, 2.75) is 40.2 Å². The molecule has 17 heavy (non-hydrogen) atoms. The Morgan fingerprint density at radius 1 is 1.35 bits per heavy atom. The minimum Gasteiger partial charge on any atom is -0.357 e. The van der Waals surface area contributed by atoms with Crippen molar-refractivity contribution in [3.63, 3.8) is 0 Å². The van der Waals surface area contributed by atoms with Crippen LogP contribution in [-0.4, -0.2) is 29.2 Å².